The summed E-state index contributed by atoms with van der Waals surface area (Å²) in [5, 5.41) is 8.23. The molecule has 0 saturated carbocycles. The highest BCUT2D eigenvalue weighted by Crippen LogP contribution is 2.13. The molecule has 0 aliphatic carbocycles. The molecule has 1 aliphatic rings. The molecule has 1 aliphatic heterocycles. The second-order valence-corrected chi connectivity index (χ2v) is 7.62. The van der Waals surface area contributed by atoms with Crippen molar-refractivity contribution in [2.45, 2.75) is 19.8 Å². The molecular formula is C21H30ClIN6O. The van der Waals surface area contributed by atoms with Crippen molar-refractivity contribution in [1.29, 1.82) is 0 Å². The van der Waals surface area contributed by atoms with Gasteiger partial charge in [-0.3, -0.25) is 14.5 Å². The van der Waals surface area contributed by atoms with Crippen LogP contribution in [0.1, 0.15) is 18.1 Å². The van der Waals surface area contributed by atoms with E-state index >= 15 is 0 Å². The summed E-state index contributed by atoms with van der Waals surface area (Å²) in [6.07, 6.45) is 5.15. The van der Waals surface area contributed by atoms with Gasteiger partial charge in [0.05, 0.1) is 12.6 Å². The zero-order valence-electron chi connectivity index (χ0n) is 17.6. The maximum Gasteiger partial charge on any atom is 0.227 e. The summed E-state index contributed by atoms with van der Waals surface area (Å²) in [6, 6.07) is 7.50. The van der Waals surface area contributed by atoms with Crippen molar-refractivity contribution in [3.63, 3.8) is 0 Å². The van der Waals surface area contributed by atoms with Gasteiger partial charge in [0.2, 0.25) is 5.91 Å². The minimum Gasteiger partial charge on any atom is -0.357 e. The molecule has 7 nitrogen and oxygen atoms in total. The lowest BCUT2D eigenvalue weighted by Crippen LogP contribution is -2.54. The van der Waals surface area contributed by atoms with E-state index in [1.54, 1.807) is 0 Å². The Labute approximate surface area is 200 Å². The zero-order valence-corrected chi connectivity index (χ0v) is 20.6. The third-order valence-corrected chi connectivity index (χ3v) is 5.17. The maximum atomic E-state index is 12.6. The summed E-state index contributed by atoms with van der Waals surface area (Å²) in [5.41, 5.74) is 2.14. The average Bonchev–Trinajstić information content (AvgIpc) is 3.12. The number of aryl methyl sites for hydroxylation is 1. The Hall–Kier alpha value is -1.81. The number of amides is 1. The summed E-state index contributed by atoms with van der Waals surface area (Å²) in [6.45, 7) is 6.56. The first kappa shape index (κ1) is 24.5. The van der Waals surface area contributed by atoms with E-state index in [0.29, 0.717) is 31.1 Å². The van der Waals surface area contributed by atoms with Gasteiger partial charge in [-0.05, 0) is 36.6 Å². The number of hydrogen-bond donors (Lipinski definition) is 1. The number of rotatable bonds is 6. The molecule has 2 aromatic rings. The summed E-state index contributed by atoms with van der Waals surface area (Å²) in [7, 11) is 1.92. The molecule has 164 valence electrons. The first-order valence-corrected chi connectivity index (χ1v) is 10.5. The highest BCUT2D eigenvalue weighted by atomic mass is 127. The Balaban J connectivity index is 0.00000320. The fourth-order valence-corrected chi connectivity index (χ4v) is 3.63. The molecular weight excluding hydrogens is 515 g/mol. The number of halogens is 2. The van der Waals surface area contributed by atoms with E-state index in [9.17, 15) is 4.79 Å². The molecule has 1 N–H and O–H groups in total. The first-order valence-electron chi connectivity index (χ1n) is 10.1. The van der Waals surface area contributed by atoms with Crippen LogP contribution in [0.5, 0.6) is 0 Å². The molecule has 0 unspecified atom stereocenters. The number of aliphatic imine (C=N–C) groups is 1. The lowest BCUT2D eigenvalue weighted by atomic mass is 10.1. The summed E-state index contributed by atoms with van der Waals surface area (Å²) >= 11 is 6.02. The molecule has 1 saturated heterocycles. The number of aromatic nitrogens is 2. The van der Waals surface area contributed by atoms with Crippen molar-refractivity contribution in [3.8, 4) is 0 Å². The Morgan fingerprint density at radius 1 is 1.20 bits per heavy atom. The van der Waals surface area contributed by atoms with Crippen LogP contribution in [0.15, 0.2) is 41.7 Å². The predicted octanol–water partition coefficient (Wildman–Crippen LogP) is 2.59. The third kappa shape index (κ3) is 7.16. The Morgan fingerprint density at radius 2 is 1.93 bits per heavy atom. The second kappa shape index (κ2) is 12.1. The van der Waals surface area contributed by atoms with Crippen molar-refractivity contribution >= 4 is 47.4 Å². The SMILES string of the molecule is CCNC(=NCCc1cnn(C)c1)N1CCN(C(=O)Cc2cccc(Cl)c2)CC1.I. The number of hydrogen-bond acceptors (Lipinski definition) is 3. The van der Waals surface area contributed by atoms with Crippen LogP contribution >= 0.6 is 35.6 Å². The summed E-state index contributed by atoms with van der Waals surface area (Å²) in [5.74, 6) is 1.06. The average molecular weight is 545 g/mol. The van der Waals surface area contributed by atoms with E-state index in [4.69, 9.17) is 16.6 Å². The van der Waals surface area contributed by atoms with Crippen LogP contribution in [0.4, 0.5) is 0 Å². The smallest absolute Gasteiger partial charge is 0.227 e. The molecule has 3 rings (SSSR count). The molecule has 0 radical (unpaired) electrons. The predicted molar refractivity (Wildman–Crippen MR) is 132 cm³/mol. The molecule has 1 aromatic carbocycles. The van der Waals surface area contributed by atoms with E-state index in [0.717, 1.165) is 37.6 Å². The highest BCUT2D eigenvalue weighted by Gasteiger charge is 2.23. The summed E-state index contributed by atoms with van der Waals surface area (Å²) in [4.78, 5) is 21.5. The Morgan fingerprint density at radius 3 is 2.57 bits per heavy atom. The standard InChI is InChI=1S/C21H29ClN6O.HI/c1-3-23-21(24-8-7-18-15-25-26(2)16-18)28-11-9-27(10-12-28)20(29)14-17-5-4-6-19(22)13-17;/h4-6,13,15-16H,3,7-12,14H2,1-2H3,(H,23,24);1H. The largest absolute Gasteiger partial charge is 0.357 e. The van der Waals surface area contributed by atoms with Crippen LogP contribution in [0.3, 0.4) is 0 Å². The number of carbonyl (C=O) groups excluding carboxylic acids is 1. The van der Waals surface area contributed by atoms with Gasteiger partial charge in [-0.2, -0.15) is 5.10 Å². The van der Waals surface area contributed by atoms with Crippen molar-refractivity contribution in [1.82, 2.24) is 24.9 Å². The van der Waals surface area contributed by atoms with E-state index in [1.165, 1.54) is 5.56 Å². The first-order chi connectivity index (χ1) is 14.0. The number of guanidine groups is 1. The molecule has 0 atom stereocenters. The van der Waals surface area contributed by atoms with Gasteiger partial charge < -0.3 is 15.1 Å². The normalized spacial score (nSPS) is 14.4. The highest BCUT2D eigenvalue weighted by molar-refractivity contribution is 14.0. The van der Waals surface area contributed by atoms with Gasteiger partial charge in [0.1, 0.15) is 0 Å². The molecule has 0 bridgehead atoms. The molecule has 0 spiro atoms. The number of nitrogens with one attached hydrogen (secondary N) is 1. The van der Waals surface area contributed by atoms with Gasteiger partial charge in [0.15, 0.2) is 5.96 Å². The monoisotopic (exact) mass is 544 g/mol. The van der Waals surface area contributed by atoms with Crippen molar-refractivity contribution < 1.29 is 4.79 Å². The van der Waals surface area contributed by atoms with E-state index in [1.807, 2.05) is 53.3 Å². The second-order valence-electron chi connectivity index (χ2n) is 7.18. The minimum atomic E-state index is 0. The number of nitrogens with zero attached hydrogens (tertiary/aromatic N) is 5. The van der Waals surface area contributed by atoms with E-state index < -0.39 is 0 Å². The van der Waals surface area contributed by atoms with Gasteiger partial charge >= 0.3 is 0 Å². The van der Waals surface area contributed by atoms with Gasteiger partial charge in [-0.25, -0.2) is 0 Å². The van der Waals surface area contributed by atoms with Crippen LogP contribution in [-0.2, 0) is 24.7 Å². The van der Waals surface area contributed by atoms with Gasteiger partial charge in [-0.15, -0.1) is 24.0 Å². The fraction of sp³-hybridized carbons (Fsp3) is 0.476. The topological polar surface area (TPSA) is 65.8 Å². The minimum absolute atomic E-state index is 0. The van der Waals surface area contributed by atoms with Crippen molar-refractivity contribution in [2.24, 2.45) is 12.0 Å². The van der Waals surface area contributed by atoms with Crippen molar-refractivity contribution in [3.05, 3.63) is 52.8 Å². The van der Waals surface area contributed by atoms with Crippen LogP contribution in [0.2, 0.25) is 5.02 Å². The Bertz CT molecular complexity index is 848. The van der Waals surface area contributed by atoms with Crippen LogP contribution in [-0.4, -0.2) is 70.7 Å². The summed E-state index contributed by atoms with van der Waals surface area (Å²) < 4.78 is 1.81. The zero-order chi connectivity index (χ0) is 20.6. The van der Waals surface area contributed by atoms with Crippen LogP contribution < -0.4 is 5.32 Å². The Kier molecular flexibility index (Phi) is 9.90. The molecule has 9 heteroatoms. The van der Waals surface area contributed by atoms with Gasteiger partial charge in [0, 0.05) is 57.5 Å². The van der Waals surface area contributed by atoms with E-state index in [2.05, 4.69) is 22.2 Å². The van der Waals surface area contributed by atoms with Crippen LogP contribution in [0.25, 0.3) is 0 Å². The number of carbonyl (C=O) groups is 1. The fourth-order valence-electron chi connectivity index (χ4n) is 3.42. The number of benzene rings is 1. The van der Waals surface area contributed by atoms with Crippen LogP contribution in [0, 0.1) is 0 Å². The lowest BCUT2D eigenvalue weighted by molar-refractivity contribution is -0.131. The molecule has 1 amide bonds. The molecule has 1 aromatic heterocycles. The number of piperazine rings is 1. The van der Waals surface area contributed by atoms with Crippen molar-refractivity contribution in [2.75, 3.05) is 39.3 Å². The molecule has 30 heavy (non-hydrogen) atoms. The maximum absolute atomic E-state index is 12.6. The molecule has 2 heterocycles. The quantitative estimate of drug-likeness (QED) is 0.345. The lowest BCUT2D eigenvalue weighted by Gasteiger charge is -2.36. The van der Waals surface area contributed by atoms with Gasteiger partial charge in [-0.1, -0.05) is 23.7 Å². The molecule has 1 fully saturated rings. The van der Waals surface area contributed by atoms with E-state index in [-0.39, 0.29) is 29.9 Å². The third-order valence-electron chi connectivity index (χ3n) is 4.93. The van der Waals surface area contributed by atoms with Gasteiger partial charge in [0.25, 0.3) is 0 Å².